The van der Waals surface area contributed by atoms with Gasteiger partial charge in [-0.25, -0.2) is 0 Å². The molecule has 0 heterocycles. The van der Waals surface area contributed by atoms with Gasteiger partial charge in [-0.2, -0.15) is 0 Å². The molecule has 1 N–H and O–H groups in total. The molecule has 1 fully saturated rings. The van der Waals surface area contributed by atoms with Crippen molar-refractivity contribution in [3.63, 3.8) is 0 Å². The number of nitrogens with one attached hydrogen (secondary N) is 1. The van der Waals surface area contributed by atoms with Crippen molar-refractivity contribution < 1.29 is 4.79 Å². The summed E-state index contributed by atoms with van der Waals surface area (Å²) >= 11 is 3.35. The molecule has 1 saturated carbocycles. The van der Waals surface area contributed by atoms with Gasteiger partial charge in [0.2, 0.25) is 5.91 Å². The Morgan fingerprint density at radius 1 is 1.29 bits per heavy atom. The topological polar surface area (TPSA) is 29.1 Å². The van der Waals surface area contributed by atoms with Gasteiger partial charge in [-0.1, -0.05) is 22.4 Å². The summed E-state index contributed by atoms with van der Waals surface area (Å²) in [6, 6.07) is 7.66. The van der Waals surface area contributed by atoms with Crippen molar-refractivity contribution in [1.82, 2.24) is 0 Å². The lowest BCUT2D eigenvalue weighted by atomic mass is 9.85. The molecule has 2 rings (SSSR count). The fraction of sp³-hybridized carbons (Fsp3) is 0.364. The highest BCUT2D eigenvalue weighted by molar-refractivity contribution is 9.10. The Kier molecular flexibility index (Phi) is 2.87. The molecular weight excluding hydrogens is 242 g/mol. The Balaban J connectivity index is 1.96. The normalized spacial score (nSPS) is 16.1. The molecule has 1 aromatic rings. The van der Waals surface area contributed by atoms with Gasteiger partial charge in [0.05, 0.1) is 0 Å². The number of benzene rings is 1. The summed E-state index contributed by atoms with van der Waals surface area (Å²) in [6.45, 7) is 0. The van der Waals surface area contributed by atoms with Crippen molar-refractivity contribution in [1.29, 1.82) is 0 Å². The molecule has 0 radical (unpaired) electrons. The first-order valence-electron chi connectivity index (χ1n) is 4.82. The third kappa shape index (κ3) is 2.15. The summed E-state index contributed by atoms with van der Waals surface area (Å²) in [5.41, 5.74) is 0.880. The van der Waals surface area contributed by atoms with E-state index in [1.807, 2.05) is 24.3 Å². The van der Waals surface area contributed by atoms with Crippen LogP contribution in [0.3, 0.4) is 0 Å². The fourth-order valence-electron chi connectivity index (χ4n) is 1.45. The molecule has 1 aliphatic rings. The summed E-state index contributed by atoms with van der Waals surface area (Å²) in [5.74, 6) is 0.414. The van der Waals surface area contributed by atoms with E-state index >= 15 is 0 Å². The zero-order chi connectivity index (χ0) is 9.97. The first-order chi connectivity index (χ1) is 6.75. The molecule has 0 saturated heterocycles. The second-order valence-corrected chi connectivity index (χ2v) is 4.54. The zero-order valence-electron chi connectivity index (χ0n) is 7.79. The minimum atomic E-state index is 0.165. The maximum Gasteiger partial charge on any atom is 0.227 e. The Labute approximate surface area is 91.8 Å². The van der Waals surface area contributed by atoms with Crippen molar-refractivity contribution >= 4 is 27.5 Å². The summed E-state index contributed by atoms with van der Waals surface area (Å²) in [7, 11) is 0. The van der Waals surface area contributed by atoms with E-state index in [2.05, 4.69) is 21.2 Å². The molecule has 1 aromatic carbocycles. The monoisotopic (exact) mass is 253 g/mol. The number of halogens is 1. The van der Waals surface area contributed by atoms with Gasteiger partial charge in [-0.15, -0.1) is 0 Å². The van der Waals surface area contributed by atoms with Crippen LogP contribution in [0.15, 0.2) is 28.7 Å². The molecule has 0 bridgehead atoms. The minimum absolute atomic E-state index is 0.165. The molecule has 2 nitrogen and oxygen atoms in total. The SMILES string of the molecule is O=C(Nc1ccc(Br)cc1)C1CCC1. The molecule has 3 heteroatoms. The van der Waals surface area contributed by atoms with Gasteiger partial charge < -0.3 is 5.32 Å². The van der Waals surface area contributed by atoms with E-state index in [4.69, 9.17) is 0 Å². The van der Waals surface area contributed by atoms with Crippen LogP contribution in [0.25, 0.3) is 0 Å². The summed E-state index contributed by atoms with van der Waals surface area (Å²) in [5, 5.41) is 2.91. The lowest BCUT2D eigenvalue weighted by Crippen LogP contribution is -2.27. The smallest absolute Gasteiger partial charge is 0.227 e. The van der Waals surface area contributed by atoms with Crippen LogP contribution in [0.2, 0.25) is 0 Å². The molecule has 0 spiro atoms. The highest BCUT2D eigenvalue weighted by atomic mass is 79.9. The van der Waals surface area contributed by atoms with Gasteiger partial charge in [0.25, 0.3) is 0 Å². The summed E-state index contributed by atoms with van der Waals surface area (Å²) in [6.07, 6.45) is 3.28. The van der Waals surface area contributed by atoms with Crippen LogP contribution in [0.4, 0.5) is 5.69 Å². The van der Waals surface area contributed by atoms with Crippen molar-refractivity contribution in [2.75, 3.05) is 5.32 Å². The van der Waals surface area contributed by atoms with Crippen LogP contribution in [-0.4, -0.2) is 5.91 Å². The molecule has 1 amide bonds. The van der Waals surface area contributed by atoms with Gasteiger partial charge >= 0.3 is 0 Å². The zero-order valence-corrected chi connectivity index (χ0v) is 9.38. The Morgan fingerprint density at radius 2 is 1.93 bits per heavy atom. The van der Waals surface area contributed by atoms with E-state index in [9.17, 15) is 4.79 Å². The Hall–Kier alpha value is -0.830. The molecule has 0 unspecified atom stereocenters. The molecule has 0 aromatic heterocycles. The number of hydrogen-bond donors (Lipinski definition) is 1. The number of anilines is 1. The van der Waals surface area contributed by atoms with Crippen molar-refractivity contribution in [3.05, 3.63) is 28.7 Å². The number of carbonyl (C=O) groups is 1. The first-order valence-corrected chi connectivity index (χ1v) is 5.61. The van der Waals surface area contributed by atoms with Gasteiger partial charge in [-0.3, -0.25) is 4.79 Å². The predicted octanol–water partition coefficient (Wildman–Crippen LogP) is 3.19. The Bertz CT molecular complexity index is 330. The second kappa shape index (κ2) is 4.13. The van der Waals surface area contributed by atoms with Crippen LogP contribution >= 0.6 is 15.9 Å². The van der Waals surface area contributed by atoms with Crippen LogP contribution in [0, 0.1) is 5.92 Å². The minimum Gasteiger partial charge on any atom is -0.326 e. The van der Waals surface area contributed by atoms with E-state index in [-0.39, 0.29) is 11.8 Å². The number of hydrogen-bond acceptors (Lipinski definition) is 1. The third-order valence-electron chi connectivity index (χ3n) is 2.59. The van der Waals surface area contributed by atoms with Crippen LogP contribution < -0.4 is 5.32 Å². The standard InChI is InChI=1S/C11H12BrNO/c12-9-4-6-10(7-5-9)13-11(14)8-2-1-3-8/h4-8H,1-3H2,(H,13,14). The van der Waals surface area contributed by atoms with E-state index in [1.165, 1.54) is 6.42 Å². The van der Waals surface area contributed by atoms with Gasteiger partial charge in [0, 0.05) is 16.1 Å². The molecule has 0 aliphatic heterocycles. The predicted molar refractivity (Wildman–Crippen MR) is 60.1 cm³/mol. The largest absolute Gasteiger partial charge is 0.326 e. The maximum atomic E-state index is 11.6. The van der Waals surface area contributed by atoms with Crippen LogP contribution in [-0.2, 0) is 4.79 Å². The number of amides is 1. The average molecular weight is 254 g/mol. The van der Waals surface area contributed by atoms with Crippen molar-refractivity contribution in [2.45, 2.75) is 19.3 Å². The van der Waals surface area contributed by atoms with E-state index < -0.39 is 0 Å². The fourth-order valence-corrected chi connectivity index (χ4v) is 1.71. The lowest BCUT2D eigenvalue weighted by Gasteiger charge is -2.23. The highest BCUT2D eigenvalue weighted by Crippen LogP contribution is 2.27. The summed E-state index contributed by atoms with van der Waals surface area (Å²) < 4.78 is 1.03. The Morgan fingerprint density at radius 3 is 2.43 bits per heavy atom. The molecule has 1 aliphatic carbocycles. The molecule has 74 valence electrons. The molecule has 14 heavy (non-hydrogen) atoms. The highest BCUT2D eigenvalue weighted by Gasteiger charge is 2.24. The van der Waals surface area contributed by atoms with E-state index in [1.54, 1.807) is 0 Å². The lowest BCUT2D eigenvalue weighted by molar-refractivity contribution is -0.122. The number of rotatable bonds is 2. The van der Waals surface area contributed by atoms with Crippen molar-refractivity contribution in [2.24, 2.45) is 5.92 Å². The number of carbonyl (C=O) groups excluding carboxylic acids is 1. The van der Waals surface area contributed by atoms with E-state index in [0.29, 0.717) is 0 Å². The second-order valence-electron chi connectivity index (χ2n) is 3.62. The van der Waals surface area contributed by atoms with Gasteiger partial charge in [-0.05, 0) is 37.1 Å². The first kappa shape index (κ1) is 9.71. The average Bonchev–Trinajstić information content (AvgIpc) is 2.06. The van der Waals surface area contributed by atoms with Crippen LogP contribution in [0.5, 0.6) is 0 Å². The summed E-state index contributed by atoms with van der Waals surface area (Å²) in [4.78, 5) is 11.6. The quantitative estimate of drug-likeness (QED) is 0.862. The maximum absolute atomic E-state index is 11.6. The van der Waals surface area contributed by atoms with Gasteiger partial charge in [0.15, 0.2) is 0 Å². The van der Waals surface area contributed by atoms with Crippen molar-refractivity contribution in [3.8, 4) is 0 Å². The van der Waals surface area contributed by atoms with Crippen LogP contribution in [0.1, 0.15) is 19.3 Å². The molecule has 0 atom stereocenters. The molecular formula is C11H12BrNO. The van der Waals surface area contributed by atoms with Gasteiger partial charge in [0.1, 0.15) is 0 Å². The van der Waals surface area contributed by atoms with E-state index in [0.717, 1.165) is 23.0 Å². The third-order valence-corrected chi connectivity index (χ3v) is 3.12.